The zero-order valence-electron chi connectivity index (χ0n) is 9.45. The minimum Gasteiger partial charge on any atom is -0.380 e. The predicted molar refractivity (Wildman–Crippen MR) is 74.9 cm³/mol. The fraction of sp³-hybridized carbons (Fsp3) is 0.0714. The van der Waals surface area contributed by atoms with Crippen molar-refractivity contribution in [1.29, 1.82) is 5.26 Å². The molecule has 0 amide bonds. The minimum absolute atomic E-state index is 0.577. The Bertz CT molecular complexity index is 603. The van der Waals surface area contributed by atoms with Gasteiger partial charge in [0.25, 0.3) is 0 Å². The molecule has 0 radical (unpaired) electrons. The largest absolute Gasteiger partial charge is 0.380 e. The third-order valence-corrected chi connectivity index (χ3v) is 3.03. The number of rotatable bonds is 3. The van der Waals surface area contributed by atoms with Crippen LogP contribution in [0.2, 0.25) is 10.0 Å². The maximum Gasteiger partial charge on any atom is 0.0992 e. The molecule has 1 N–H and O–H groups in total. The molecule has 0 aliphatic rings. The van der Waals surface area contributed by atoms with Crippen LogP contribution in [0, 0.1) is 11.3 Å². The highest BCUT2D eigenvalue weighted by atomic mass is 35.5. The van der Waals surface area contributed by atoms with Crippen LogP contribution in [-0.2, 0) is 6.54 Å². The molecule has 0 unspecified atom stereocenters. The van der Waals surface area contributed by atoms with Crippen molar-refractivity contribution in [2.24, 2.45) is 0 Å². The Labute approximate surface area is 116 Å². The number of nitrogens with zero attached hydrogens (tertiary/aromatic N) is 1. The molecule has 0 heterocycles. The van der Waals surface area contributed by atoms with Crippen LogP contribution in [-0.4, -0.2) is 0 Å². The summed E-state index contributed by atoms with van der Waals surface area (Å²) in [6.45, 7) is 0.606. The van der Waals surface area contributed by atoms with E-state index in [1.54, 1.807) is 18.2 Å². The van der Waals surface area contributed by atoms with Gasteiger partial charge in [-0.1, -0.05) is 35.3 Å². The summed E-state index contributed by atoms with van der Waals surface area (Å²) >= 11 is 12.0. The van der Waals surface area contributed by atoms with Gasteiger partial charge >= 0.3 is 0 Å². The summed E-state index contributed by atoms with van der Waals surface area (Å²) < 4.78 is 0. The van der Waals surface area contributed by atoms with Crippen LogP contribution >= 0.6 is 23.2 Å². The first-order chi connectivity index (χ1) is 8.69. The molecule has 0 bridgehead atoms. The zero-order valence-corrected chi connectivity index (χ0v) is 11.0. The number of nitrogens with one attached hydrogen (secondary N) is 1. The van der Waals surface area contributed by atoms with Crippen molar-refractivity contribution in [3.8, 4) is 6.07 Å². The number of nitriles is 1. The lowest BCUT2D eigenvalue weighted by Gasteiger charge is -2.09. The molecule has 2 nitrogen and oxygen atoms in total. The molecule has 0 saturated carbocycles. The Kier molecular flexibility index (Phi) is 4.09. The summed E-state index contributed by atoms with van der Waals surface area (Å²) in [4.78, 5) is 0. The quantitative estimate of drug-likeness (QED) is 0.898. The van der Waals surface area contributed by atoms with E-state index in [-0.39, 0.29) is 0 Å². The van der Waals surface area contributed by atoms with Crippen LogP contribution < -0.4 is 5.32 Å². The summed E-state index contributed by atoms with van der Waals surface area (Å²) in [5.41, 5.74) is 2.38. The molecule has 18 heavy (non-hydrogen) atoms. The first-order valence-electron chi connectivity index (χ1n) is 5.37. The average molecular weight is 277 g/mol. The van der Waals surface area contributed by atoms with Gasteiger partial charge in [0.2, 0.25) is 0 Å². The summed E-state index contributed by atoms with van der Waals surface area (Å²) in [5.74, 6) is 0. The molecule has 0 atom stereocenters. The summed E-state index contributed by atoms with van der Waals surface area (Å²) in [5, 5.41) is 13.3. The Balaban J connectivity index is 2.13. The monoisotopic (exact) mass is 276 g/mol. The van der Waals surface area contributed by atoms with Gasteiger partial charge in [-0.3, -0.25) is 0 Å². The SMILES string of the molecule is N#Cc1ccc(Cl)c(NCc2cccc(Cl)c2)c1. The van der Waals surface area contributed by atoms with Crippen LogP contribution in [0.3, 0.4) is 0 Å². The molecule has 90 valence electrons. The van der Waals surface area contributed by atoms with E-state index in [1.807, 2.05) is 24.3 Å². The fourth-order valence-electron chi connectivity index (χ4n) is 1.57. The second kappa shape index (κ2) is 5.77. The van der Waals surface area contributed by atoms with Gasteiger partial charge < -0.3 is 5.32 Å². The molecule has 0 aliphatic carbocycles. The third-order valence-electron chi connectivity index (χ3n) is 2.47. The molecular formula is C14H10Cl2N2. The van der Waals surface area contributed by atoms with E-state index in [4.69, 9.17) is 28.5 Å². The average Bonchev–Trinajstić information content (AvgIpc) is 2.38. The number of halogens is 2. The number of benzene rings is 2. The second-order valence-electron chi connectivity index (χ2n) is 3.79. The highest BCUT2D eigenvalue weighted by Crippen LogP contribution is 2.23. The van der Waals surface area contributed by atoms with Crippen molar-refractivity contribution in [3.05, 3.63) is 63.6 Å². The minimum atomic E-state index is 0.577. The molecule has 0 fully saturated rings. The van der Waals surface area contributed by atoms with Crippen molar-refractivity contribution < 1.29 is 0 Å². The molecule has 0 saturated heterocycles. The van der Waals surface area contributed by atoms with Crippen LogP contribution in [0.15, 0.2) is 42.5 Å². The van der Waals surface area contributed by atoms with Crippen LogP contribution in [0.1, 0.15) is 11.1 Å². The van der Waals surface area contributed by atoms with E-state index in [1.165, 1.54) is 0 Å². The molecule has 2 aromatic rings. The summed E-state index contributed by atoms with van der Waals surface area (Å²) in [6.07, 6.45) is 0. The predicted octanol–water partition coefficient (Wildman–Crippen LogP) is 4.48. The number of anilines is 1. The van der Waals surface area contributed by atoms with Crippen molar-refractivity contribution in [3.63, 3.8) is 0 Å². The third kappa shape index (κ3) is 3.16. The number of hydrogen-bond acceptors (Lipinski definition) is 2. The molecule has 0 aromatic heterocycles. The van der Waals surface area contributed by atoms with E-state index in [0.29, 0.717) is 22.2 Å². The lowest BCUT2D eigenvalue weighted by Crippen LogP contribution is -2.00. The fourth-order valence-corrected chi connectivity index (χ4v) is 1.97. The smallest absolute Gasteiger partial charge is 0.0992 e. The van der Waals surface area contributed by atoms with E-state index in [0.717, 1.165) is 11.3 Å². The normalized spacial score (nSPS) is 9.83. The first kappa shape index (κ1) is 12.8. The molecule has 2 rings (SSSR count). The zero-order chi connectivity index (χ0) is 13.0. The van der Waals surface area contributed by atoms with Gasteiger partial charge in [0.15, 0.2) is 0 Å². The lowest BCUT2D eigenvalue weighted by atomic mass is 10.2. The standard InChI is InChI=1S/C14H10Cl2N2/c15-12-3-1-2-11(6-12)9-18-14-7-10(8-17)4-5-13(14)16/h1-7,18H,9H2. The highest BCUT2D eigenvalue weighted by Gasteiger charge is 2.02. The Morgan fingerprint density at radius 1 is 1.11 bits per heavy atom. The Morgan fingerprint density at radius 3 is 2.67 bits per heavy atom. The van der Waals surface area contributed by atoms with Gasteiger partial charge in [-0.25, -0.2) is 0 Å². The van der Waals surface area contributed by atoms with Gasteiger partial charge in [-0.2, -0.15) is 5.26 Å². The molecule has 2 aromatic carbocycles. The lowest BCUT2D eigenvalue weighted by molar-refractivity contribution is 1.15. The highest BCUT2D eigenvalue weighted by molar-refractivity contribution is 6.33. The second-order valence-corrected chi connectivity index (χ2v) is 4.63. The maximum absolute atomic E-state index is 8.84. The maximum atomic E-state index is 8.84. The van der Waals surface area contributed by atoms with Gasteiger partial charge in [0, 0.05) is 11.6 Å². The number of hydrogen-bond donors (Lipinski definition) is 1. The van der Waals surface area contributed by atoms with Crippen molar-refractivity contribution >= 4 is 28.9 Å². The van der Waals surface area contributed by atoms with E-state index in [9.17, 15) is 0 Å². The van der Waals surface area contributed by atoms with Crippen molar-refractivity contribution in [1.82, 2.24) is 0 Å². The van der Waals surface area contributed by atoms with E-state index in [2.05, 4.69) is 11.4 Å². The molecular weight excluding hydrogens is 267 g/mol. The first-order valence-corrected chi connectivity index (χ1v) is 6.12. The molecule has 0 spiro atoms. The molecule has 4 heteroatoms. The van der Waals surface area contributed by atoms with Crippen molar-refractivity contribution in [2.75, 3.05) is 5.32 Å². The van der Waals surface area contributed by atoms with Gasteiger partial charge in [-0.05, 0) is 35.9 Å². The van der Waals surface area contributed by atoms with Crippen molar-refractivity contribution in [2.45, 2.75) is 6.54 Å². The van der Waals surface area contributed by atoms with Crippen LogP contribution in [0.4, 0.5) is 5.69 Å². The Hall–Kier alpha value is -1.69. The Morgan fingerprint density at radius 2 is 1.94 bits per heavy atom. The molecule has 0 aliphatic heterocycles. The van der Waals surface area contributed by atoms with Gasteiger partial charge in [-0.15, -0.1) is 0 Å². The van der Waals surface area contributed by atoms with Gasteiger partial charge in [0.1, 0.15) is 0 Å². The van der Waals surface area contributed by atoms with E-state index < -0.39 is 0 Å². The summed E-state index contributed by atoms with van der Waals surface area (Å²) in [7, 11) is 0. The van der Waals surface area contributed by atoms with E-state index >= 15 is 0 Å². The summed E-state index contributed by atoms with van der Waals surface area (Å²) in [6, 6.07) is 14.8. The van der Waals surface area contributed by atoms with Crippen LogP contribution in [0.5, 0.6) is 0 Å². The van der Waals surface area contributed by atoms with Crippen LogP contribution in [0.25, 0.3) is 0 Å². The topological polar surface area (TPSA) is 35.8 Å². The van der Waals surface area contributed by atoms with Gasteiger partial charge in [0.05, 0.1) is 22.3 Å².